The van der Waals surface area contributed by atoms with Crippen molar-refractivity contribution < 1.29 is 19.1 Å². The third-order valence-electron chi connectivity index (χ3n) is 4.18. The van der Waals surface area contributed by atoms with Crippen LogP contribution in [0.15, 0.2) is 48.5 Å². The number of methoxy groups -OCH3 is 2. The number of rotatable bonds is 5. The maximum atomic E-state index is 12.6. The number of hydrogen-bond acceptors (Lipinski definition) is 4. The molecule has 0 radical (unpaired) electrons. The van der Waals surface area contributed by atoms with Crippen molar-refractivity contribution in [2.75, 3.05) is 25.7 Å². The van der Waals surface area contributed by atoms with Gasteiger partial charge in [-0.3, -0.25) is 9.59 Å². The van der Waals surface area contributed by atoms with Gasteiger partial charge in [-0.15, -0.1) is 0 Å². The number of carbonyl (C=O) groups excluding carboxylic acids is 2. The van der Waals surface area contributed by atoms with Gasteiger partial charge < -0.3 is 19.7 Å². The zero-order chi connectivity index (χ0) is 17.8. The summed E-state index contributed by atoms with van der Waals surface area (Å²) in [5.74, 6) is 0.770. The zero-order valence-electron chi connectivity index (χ0n) is 14.2. The van der Waals surface area contributed by atoms with Crippen LogP contribution >= 0.6 is 0 Å². The van der Waals surface area contributed by atoms with Crippen LogP contribution in [0.4, 0.5) is 5.69 Å². The summed E-state index contributed by atoms with van der Waals surface area (Å²) in [6, 6.07) is 14.2. The number of nitrogens with zero attached hydrogens (tertiary/aromatic N) is 1. The van der Waals surface area contributed by atoms with Crippen molar-refractivity contribution in [2.45, 2.75) is 12.5 Å². The molecule has 1 unspecified atom stereocenters. The lowest BCUT2D eigenvalue weighted by atomic mass is 10.1. The summed E-state index contributed by atoms with van der Waals surface area (Å²) in [5, 5.41) is 2.92. The molecule has 2 aromatic carbocycles. The summed E-state index contributed by atoms with van der Waals surface area (Å²) in [7, 11) is 3.05. The first kappa shape index (κ1) is 16.8. The van der Waals surface area contributed by atoms with Gasteiger partial charge >= 0.3 is 0 Å². The van der Waals surface area contributed by atoms with E-state index in [0.717, 1.165) is 5.69 Å². The summed E-state index contributed by atoms with van der Waals surface area (Å²) in [6.45, 7) is 0.451. The van der Waals surface area contributed by atoms with Crippen molar-refractivity contribution in [3.05, 3.63) is 54.1 Å². The molecule has 1 heterocycles. The van der Waals surface area contributed by atoms with Gasteiger partial charge in [-0.1, -0.05) is 18.2 Å². The Morgan fingerprint density at radius 2 is 1.88 bits per heavy atom. The van der Waals surface area contributed by atoms with Crippen molar-refractivity contribution in [3.8, 4) is 11.5 Å². The van der Waals surface area contributed by atoms with Crippen molar-refractivity contribution >= 4 is 17.5 Å². The second-order valence-corrected chi connectivity index (χ2v) is 5.78. The summed E-state index contributed by atoms with van der Waals surface area (Å²) in [5.41, 5.74) is 1.25. The number of benzene rings is 2. The average molecular weight is 340 g/mol. The molecule has 1 N–H and O–H groups in total. The number of hydrogen-bond donors (Lipinski definition) is 1. The maximum absolute atomic E-state index is 12.6. The quantitative estimate of drug-likeness (QED) is 0.906. The standard InChI is InChI=1S/C19H20N2O4/c1-24-15-8-9-16(17(11-15)25-2)19(23)20-13-10-18(22)21(12-13)14-6-4-3-5-7-14/h3-9,11,13H,10,12H2,1-2H3,(H,20,23). The van der Waals surface area contributed by atoms with E-state index >= 15 is 0 Å². The molecule has 6 nitrogen and oxygen atoms in total. The van der Waals surface area contributed by atoms with Crippen LogP contribution < -0.4 is 19.7 Å². The third-order valence-corrected chi connectivity index (χ3v) is 4.18. The minimum absolute atomic E-state index is 0.00167. The minimum atomic E-state index is -0.271. The lowest BCUT2D eigenvalue weighted by Crippen LogP contribution is -2.37. The maximum Gasteiger partial charge on any atom is 0.255 e. The molecule has 1 saturated heterocycles. The number of ether oxygens (including phenoxy) is 2. The van der Waals surface area contributed by atoms with Crippen LogP contribution in [0.2, 0.25) is 0 Å². The third kappa shape index (κ3) is 3.57. The molecule has 2 aromatic rings. The fourth-order valence-corrected chi connectivity index (χ4v) is 2.91. The van der Waals surface area contributed by atoms with Crippen LogP contribution in [-0.4, -0.2) is 38.6 Å². The molecule has 1 aliphatic heterocycles. The van der Waals surface area contributed by atoms with Crippen LogP contribution in [0.25, 0.3) is 0 Å². The van der Waals surface area contributed by atoms with Crippen molar-refractivity contribution in [1.29, 1.82) is 0 Å². The predicted octanol–water partition coefficient (Wildman–Crippen LogP) is 2.24. The Balaban J connectivity index is 1.71. The van der Waals surface area contributed by atoms with Crippen LogP contribution in [0.1, 0.15) is 16.8 Å². The van der Waals surface area contributed by atoms with E-state index in [1.54, 1.807) is 30.2 Å². The highest BCUT2D eigenvalue weighted by atomic mass is 16.5. The first-order chi connectivity index (χ1) is 12.1. The highest BCUT2D eigenvalue weighted by Crippen LogP contribution is 2.25. The summed E-state index contributed by atoms with van der Waals surface area (Å²) < 4.78 is 10.4. The lowest BCUT2D eigenvalue weighted by molar-refractivity contribution is -0.117. The fourth-order valence-electron chi connectivity index (χ4n) is 2.91. The molecule has 0 spiro atoms. The minimum Gasteiger partial charge on any atom is -0.497 e. The lowest BCUT2D eigenvalue weighted by Gasteiger charge is -2.17. The van der Waals surface area contributed by atoms with Gasteiger partial charge in [0.15, 0.2) is 0 Å². The Hall–Kier alpha value is -3.02. The second-order valence-electron chi connectivity index (χ2n) is 5.78. The van der Waals surface area contributed by atoms with Crippen LogP contribution in [0, 0.1) is 0 Å². The molecule has 130 valence electrons. The van der Waals surface area contributed by atoms with Gasteiger partial charge in [0.1, 0.15) is 11.5 Å². The van der Waals surface area contributed by atoms with Gasteiger partial charge in [-0.25, -0.2) is 0 Å². The Morgan fingerprint density at radius 3 is 2.56 bits per heavy atom. The first-order valence-electron chi connectivity index (χ1n) is 8.00. The van der Waals surface area contributed by atoms with E-state index in [1.165, 1.54) is 7.11 Å². The molecular formula is C19H20N2O4. The Labute approximate surface area is 146 Å². The SMILES string of the molecule is COc1ccc(C(=O)NC2CC(=O)N(c3ccccc3)C2)c(OC)c1. The smallest absolute Gasteiger partial charge is 0.255 e. The van der Waals surface area contributed by atoms with E-state index in [9.17, 15) is 9.59 Å². The Kier molecular flexibility index (Phi) is 4.88. The zero-order valence-corrected chi connectivity index (χ0v) is 14.2. The van der Waals surface area contributed by atoms with Crippen molar-refractivity contribution in [1.82, 2.24) is 5.32 Å². The monoisotopic (exact) mass is 340 g/mol. The van der Waals surface area contributed by atoms with Crippen molar-refractivity contribution in [3.63, 3.8) is 0 Å². The highest BCUT2D eigenvalue weighted by molar-refractivity contribution is 6.00. The molecule has 25 heavy (non-hydrogen) atoms. The summed E-state index contributed by atoms with van der Waals surface area (Å²) in [4.78, 5) is 26.5. The Bertz CT molecular complexity index is 776. The number of anilines is 1. The molecule has 1 fully saturated rings. The van der Waals surface area contributed by atoms with Crippen molar-refractivity contribution in [2.24, 2.45) is 0 Å². The molecule has 0 aromatic heterocycles. The van der Waals surface area contributed by atoms with Crippen LogP contribution in [-0.2, 0) is 4.79 Å². The summed E-state index contributed by atoms with van der Waals surface area (Å²) in [6.07, 6.45) is 0.277. The largest absolute Gasteiger partial charge is 0.497 e. The molecule has 0 bridgehead atoms. The second kappa shape index (κ2) is 7.25. The van der Waals surface area contributed by atoms with E-state index in [4.69, 9.17) is 9.47 Å². The topological polar surface area (TPSA) is 67.9 Å². The molecule has 0 saturated carbocycles. The van der Waals surface area contributed by atoms with Gasteiger partial charge in [0.25, 0.3) is 5.91 Å². The van der Waals surface area contributed by atoms with Gasteiger partial charge in [-0.05, 0) is 24.3 Å². The molecule has 1 aliphatic rings. The molecule has 0 aliphatic carbocycles. The van der Waals surface area contributed by atoms with Gasteiger partial charge in [0, 0.05) is 24.7 Å². The summed E-state index contributed by atoms with van der Waals surface area (Å²) >= 11 is 0. The Morgan fingerprint density at radius 1 is 1.12 bits per heavy atom. The van der Waals surface area contributed by atoms with Gasteiger partial charge in [0.2, 0.25) is 5.91 Å². The van der Waals surface area contributed by atoms with E-state index < -0.39 is 0 Å². The molecular weight excluding hydrogens is 320 g/mol. The first-order valence-corrected chi connectivity index (χ1v) is 8.00. The van der Waals surface area contributed by atoms with E-state index in [1.807, 2.05) is 30.3 Å². The normalized spacial score (nSPS) is 16.6. The number of para-hydroxylation sites is 1. The number of nitrogens with one attached hydrogen (secondary N) is 1. The van der Waals surface area contributed by atoms with Crippen LogP contribution in [0.3, 0.4) is 0 Å². The predicted molar refractivity (Wildman–Crippen MR) is 94.2 cm³/mol. The molecule has 3 rings (SSSR count). The fraction of sp³-hybridized carbons (Fsp3) is 0.263. The average Bonchev–Trinajstić information content (AvgIpc) is 3.01. The van der Waals surface area contributed by atoms with Gasteiger partial charge in [-0.2, -0.15) is 0 Å². The van der Waals surface area contributed by atoms with E-state index in [0.29, 0.717) is 23.6 Å². The van der Waals surface area contributed by atoms with E-state index in [2.05, 4.69) is 5.32 Å². The molecule has 6 heteroatoms. The van der Waals surface area contributed by atoms with Crippen LogP contribution in [0.5, 0.6) is 11.5 Å². The highest BCUT2D eigenvalue weighted by Gasteiger charge is 2.32. The molecule has 2 amide bonds. The number of amides is 2. The molecule has 1 atom stereocenters. The van der Waals surface area contributed by atoms with Gasteiger partial charge in [0.05, 0.1) is 25.8 Å². The van der Waals surface area contributed by atoms with E-state index in [-0.39, 0.29) is 24.3 Å². The number of carbonyl (C=O) groups is 2.